The molecule has 2 amide bonds. The van der Waals surface area contributed by atoms with E-state index in [0.717, 1.165) is 23.1 Å². The number of aliphatic hydroxyl groups excluding tert-OH is 1. The number of fused-ring (bicyclic) bond motifs is 1. The van der Waals surface area contributed by atoms with Crippen LogP contribution in [0.15, 0.2) is 30.5 Å². The van der Waals surface area contributed by atoms with Crippen LogP contribution in [0.2, 0.25) is 0 Å². The number of aromatic nitrogens is 1. The summed E-state index contributed by atoms with van der Waals surface area (Å²) in [7, 11) is 1.68. The summed E-state index contributed by atoms with van der Waals surface area (Å²) in [6.07, 6.45) is 2.13. The third-order valence-corrected chi connectivity index (χ3v) is 3.42. The van der Waals surface area contributed by atoms with Gasteiger partial charge in [-0.3, -0.25) is 0 Å². The van der Waals surface area contributed by atoms with Gasteiger partial charge in [-0.2, -0.15) is 0 Å². The number of rotatable bonds is 7. The van der Waals surface area contributed by atoms with Gasteiger partial charge in [0, 0.05) is 32.1 Å². The second-order valence-electron chi connectivity index (χ2n) is 5.29. The van der Waals surface area contributed by atoms with Crippen LogP contribution in [0.3, 0.4) is 0 Å². The van der Waals surface area contributed by atoms with Crippen LogP contribution in [-0.4, -0.2) is 42.1 Å². The highest BCUT2D eigenvalue weighted by Gasteiger charge is 2.06. The highest BCUT2D eigenvalue weighted by molar-refractivity contribution is 5.92. The summed E-state index contributed by atoms with van der Waals surface area (Å²) in [6, 6.07) is 7.56. The Kier molecular flexibility index (Phi) is 5.80. The van der Waals surface area contributed by atoms with Crippen LogP contribution < -0.4 is 10.6 Å². The molecule has 6 nitrogen and oxygen atoms in total. The summed E-state index contributed by atoms with van der Waals surface area (Å²) in [4.78, 5) is 11.8. The van der Waals surface area contributed by atoms with Crippen LogP contribution in [0, 0.1) is 0 Å². The van der Waals surface area contributed by atoms with E-state index in [1.165, 1.54) is 0 Å². The maximum absolute atomic E-state index is 11.8. The molecule has 22 heavy (non-hydrogen) atoms. The average Bonchev–Trinajstić information content (AvgIpc) is 2.87. The minimum atomic E-state index is -0.416. The highest BCUT2D eigenvalue weighted by atomic mass is 16.5. The van der Waals surface area contributed by atoms with Crippen molar-refractivity contribution >= 4 is 22.6 Å². The van der Waals surface area contributed by atoms with Crippen molar-refractivity contribution < 1.29 is 14.6 Å². The van der Waals surface area contributed by atoms with E-state index in [1.54, 1.807) is 14.0 Å². The first-order valence-corrected chi connectivity index (χ1v) is 7.41. The van der Waals surface area contributed by atoms with E-state index in [-0.39, 0.29) is 6.03 Å². The molecule has 2 rings (SSSR count). The minimum absolute atomic E-state index is 0.269. The number of urea groups is 1. The van der Waals surface area contributed by atoms with E-state index >= 15 is 0 Å². The van der Waals surface area contributed by atoms with Crippen LogP contribution in [0.4, 0.5) is 10.5 Å². The number of ether oxygens (including phenoxy) is 1. The quantitative estimate of drug-likeness (QED) is 0.734. The van der Waals surface area contributed by atoms with Crippen LogP contribution >= 0.6 is 0 Å². The first-order chi connectivity index (χ1) is 10.6. The number of anilines is 1. The minimum Gasteiger partial charge on any atom is -0.393 e. The zero-order valence-corrected chi connectivity index (χ0v) is 13.0. The Labute approximate surface area is 130 Å². The summed E-state index contributed by atoms with van der Waals surface area (Å²) in [5.74, 6) is 0. The molecule has 1 atom stereocenters. The largest absolute Gasteiger partial charge is 0.393 e. The van der Waals surface area contributed by atoms with Crippen molar-refractivity contribution in [1.82, 2.24) is 9.88 Å². The lowest BCUT2D eigenvalue weighted by molar-refractivity contribution is 0.184. The van der Waals surface area contributed by atoms with Gasteiger partial charge in [-0.15, -0.1) is 0 Å². The lowest BCUT2D eigenvalue weighted by Gasteiger charge is -2.10. The molecule has 3 N–H and O–H groups in total. The standard InChI is InChI=1S/C16H23N3O3/c1-12(20)5-7-17-16(21)18-14-4-3-13-6-8-19(9-10-22-2)15(13)11-14/h3-4,6,8,11-12,20H,5,7,9-10H2,1-2H3,(H2,17,18,21). The molecular formula is C16H23N3O3. The van der Waals surface area contributed by atoms with Crippen LogP contribution in [0.1, 0.15) is 13.3 Å². The number of carbonyl (C=O) groups excluding carboxylic acids is 1. The number of nitrogens with one attached hydrogen (secondary N) is 2. The number of aliphatic hydroxyl groups is 1. The van der Waals surface area contributed by atoms with E-state index in [2.05, 4.69) is 15.2 Å². The molecule has 0 aliphatic heterocycles. The van der Waals surface area contributed by atoms with Crippen molar-refractivity contribution in [2.45, 2.75) is 26.0 Å². The molecule has 2 aromatic rings. The third-order valence-electron chi connectivity index (χ3n) is 3.42. The van der Waals surface area contributed by atoms with E-state index in [9.17, 15) is 4.79 Å². The molecule has 6 heteroatoms. The third kappa shape index (κ3) is 4.47. The molecule has 120 valence electrons. The summed E-state index contributed by atoms with van der Waals surface area (Å²) < 4.78 is 7.19. The van der Waals surface area contributed by atoms with Gasteiger partial charge in [-0.25, -0.2) is 4.79 Å². The Hall–Kier alpha value is -2.05. The van der Waals surface area contributed by atoms with Crippen molar-refractivity contribution in [1.29, 1.82) is 0 Å². The second-order valence-corrected chi connectivity index (χ2v) is 5.29. The van der Waals surface area contributed by atoms with Gasteiger partial charge in [0.25, 0.3) is 0 Å². The highest BCUT2D eigenvalue weighted by Crippen LogP contribution is 2.20. The summed E-state index contributed by atoms with van der Waals surface area (Å²) in [5.41, 5.74) is 1.79. The zero-order chi connectivity index (χ0) is 15.9. The van der Waals surface area contributed by atoms with E-state index < -0.39 is 6.10 Å². The molecule has 0 saturated heterocycles. The summed E-state index contributed by atoms with van der Waals surface area (Å²) in [6.45, 7) is 3.54. The van der Waals surface area contributed by atoms with E-state index in [4.69, 9.17) is 9.84 Å². The van der Waals surface area contributed by atoms with Crippen molar-refractivity contribution in [3.63, 3.8) is 0 Å². The van der Waals surface area contributed by atoms with Crippen molar-refractivity contribution in [2.24, 2.45) is 0 Å². The SMILES string of the molecule is COCCn1ccc2ccc(NC(=O)NCCC(C)O)cc21. The summed E-state index contributed by atoms with van der Waals surface area (Å²) in [5, 5.41) is 15.8. The number of methoxy groups -OCH3 is 1. The first kappa shape index (κ1) is 16.3. The fraction of sp³-hybridized carbons (Fsp3) is 0.438. The Morgan fingerprint density at radius 3 is 2.95 bits per heavy atom. The molecule has 0 bridgehead atoms. The molecular weight excluding hydrogens is 282 g/mol. The predicted octanol–water partition coefficient (Wildman–Crippen LogP) is 2.18. The molecule has 0 saturated carbocycles. The molecule has 1 unspecified atom stereocenters. The predicted molar refractivity (Wildman–Crippen MR) is 87.1 cm³/mol. The fourth-order valence-electron chi connectivity index (χ4n) is 2.22. The van der Waals surface area contributed by atoms with Gasteiger partial charge < -0.3 is 25.0 Å². The van der Waals surface area contributed by atoms with Gasteiger partial charge in [-0.05, 0) is 36.9 Å². The van der Waals surface area contributed by atoms with E-state index in [1.807, 2.05) is 30.5 Å². The van der Waals surface area contributed by atoms with Gasteiger partial charge in [0.15, 0.2) is 0 Å². The number of hydrogen-bond acceptors (Lipinski definition) is 3. The normalized spacial score (nSPS) is 12.3. The number of amides is 2. The van der Waals surface area contributed by atoms with Gasteiger partial charge in [0.2, 0.25) is 0 Å². The molecule has 1 heterocycles. The van der Waals surface area contributed by atoms with Gasteiger partial charge >= 0.3 is 6.03 Å². The zero-order valence-electron chi connectivity index (χ0n) is 13.0. The van der Waals surface area contributed by atoms with Crippen molar-refractivity contribution in [2.75, 3.05) is 25.6 Å². The Morgan fingerprint density at radius 1 is 1.41 bits per heavy atom. The Morgan fingerprint density at radius 2 is 2.23 bits per heavy atom. The smallest absolute Gasteiger partial charge is 0.319 e. The molecule has 0 fully saturated rings. The second kappa shape index (κ2) is 7.82. The van der Waals surface area contributed by atoms with Gasteiger partial charge in [-0.1, -0.05) is 6.07 Å². The van der Waals surface area contributed by atoms with Gasteiger partial charge in [0.1, 0.15) is 0 Å². The number of benzene rings is 1. The number of nitrogens with zero attached hydrogens (tertiary/aromatic N) is 1. The van der Waals surface area contributed by atoms with Crippen LogP contribution in [0.25, 0.3) is 10.9 Å². The topological polar surface area (TPSA) is 75.5 Å². The van der Waals surface area contributed by atoms with Crippen LogP contribution in [-0.2, 0) is 11.3 Å². The monoisotopic (exact) mass is 305 g/mol. The average molecular weight is 305 g/mol. The van der Waals surface area contributed by atoms with Gasteiger partial charge in [0.05, 0.1) is 18.2 Å². The molecule has 0 aliphatic carbocycles. The number of carbonyl (C=O) groups is 1. The Balaban J connectivity index is 2.00. The molecule has 0 spiro atoms. The molecule has 1 aromatic carbocycles. The Bertz CT molecular complexity index is 622. The molecule has 0 radical (unpaired) electrons. The fourth-order valence-corrected chi connectivity index (χ4v) is 2.22. The maximum Gasteiger partial charge on any atom is 0.319 e. The maximum atomic E-state index is 11.8. The molecule has 1 aromatic heterocycles. The lowest BCUT2D eigenvalue weighted by atomic mass is 10.2. The lowest BCUT2D eigenvalue weighted by Crippen LogP contribution is -2.30. The summed E-state index contributed by atoms with van der Waals surface area (Å²) >= 11 is 0. The van der Waals surface area contributed by atoms with E-state index in [0.29, 0.717) is 19.6 Å². The number of hydrogen-bond donors (Lipinski definition) is 3. The van der Waals surface area contributed by atoms with Crippen LogP contribution in [0.5, 0.6) is 0 Å². The molecule has 0 aliphatic rings. The first-order valence-electron chi connectivity index (χ1n) is 7.41. The van der Waals surface area contributed by atoms with Crippen molar-refractivity contribution in [3.05, 3.63) is 30.5 Å². The van der Waals surface area contributed by atoms with Crippen molar-refractivity contribution in [3.8, 4) is 0 Å².